The van der Waals surface area contributed by atoms with Gasteiger partial charge in [-0.05, 0) is 63.7 Å². The number of allylic oxidation sites excluding steroid dienone is 8. The molecule has 0 saturated heterocycles. The molecule has 0 spiro atoms. The molecule has 0 rings (SSSR count). The molecule has 49 heavy (non-hydrogen) atoms. The third-order valence-corrected chi connectivity index (χ3v) is 8.72. The lowest BCUT2D eigenvalue weighted by Gasteiger charge is -2.15. The van der Waals surface area contributed by atoms with E-state index in [-0.39, 0.29) is 37.7 Å². The van der Waals surface area contributed by atoms with Crippen LogP contribution < -0.4 is 0 Å². The van der Waals surface area contributed by atoms with Gasteiger partial charge in [0.25, 0.3) is 0 Å². The van der Waals surface area contributed by atoms with Crippen LogP contribution in [0.25, 0.3) is 0 Å². The Labute approximate surface area is 301 Å². The number of rotatable bonds is 35. The molecular weight excluding hydrogens is 612 g/mol. The lowest BCUT2D eigenvalue weighted by molar-refractivity contribution is -0.161. The summed E-state index contributed by atoms with van der Waals surface area (Å²) in [6.45, 7) is 6.16. The minimum absolute atomic E-state index is 0.0958. The number of esters is 2. The third-order valence-electron chi connectivity index (χ3n) is 8.72. The summed E-state index contributed by atoms with van der Waals surface area (Å²) >= 11 is 0. The summed E-state index contributed by atoms with van der Waals surface area (Å²) in [5, 5.41) is 19.1. The van der Waals surface area contributed by atoms with E-state index in [0.717, 1.165) is 70.1 Å². The molecule has 0 saturated carbocycles. The summed E-state index contributed by atoms with van der Waals surface area (Å²) in [5.41, 5.74) is 0. The zero-order chi connectivity index (χ0) is 36.0. The van der Waals surface area contributed by atoms with E-state index in [1.165, 1.54) is 77.0 Å². The van der Waals surface area contributed by atoms with Gasteiger partial charge in [0, 0.05) is 12.8 Å². The van der Waals surface area contributed by atoms with Crippen LogP contribution in [0.1, 0.15) is 181 Å². The van der Waals surface area contributed by atoms with Crippen molar-refractivity contribution in [3.8, 4) is 0 Å². The Morgan fingerprint density at radius 1 is 0.571 bits per heavy atom. The minimum atomic E-state index is -0.809. The molecule has 6 heteroatoms. The fourth-order valence-corrected chi connectivity index (χ4v) is 5.48. The maximum absolute atomic E-state index is 12.1. The molecule has 0 aromatic carbocycles. The van der Waals surface area contributed by atoms with Crippen LogP contribution >= 0.6 is 0 Å². The molecule has 0 aromatic rings. The molecule has 6 nitrogen and oxygen atoms in total. The molecule has 0 amide bonds. The SMILES string of the molecule is CC[C@@H](O)CC/C=C\C/C=C\C/C=C\C/C=C\CCCC(=O)O[C@@H](CO)COC(=O)CCCCCCCCCCCCCCCCC(C)C. The lowest BCUT2D eigenvalue weighted by atomic mass is 10.0. The van der Waals surface area contributed by atoms with Crippen LogP contribution in [0.15, 0.2) is 48.6 Å². The van der Waals surface area contributed by atoms with Gasteiger partial charge < -0.3 is 19.7 Å². The van der Waals surface area contributed by atoms with Crippen molar-refractivity contribution >= 4 is 11.9 Å². The highest BCUT2D eigenvalue weighted by molar-refractivity contribution is 5.70. The van der Waals surface area contributed by atoms with Crippen LogP contribution in [-0.4, -0.2) is 47.6 Å². The molecule has 0 aromatic heterocycles. The minimum Gasteiger partial charge on any atom is -0.462 e. The van der Waals surface area contributed by atoms with Gasteiger partial charge in [0.2, 0.25) is 0 Å². The first-order valence-electron chi connectivity index (χ1n) is 20.1. The number of hydrogen-bond donors (Lipinski definition) is 2. The van der Waals surface area contributed by atoms with Crippen molar-refractivity contribution in [3.05, 3.63) is 48.6 Å². The lowest BCUT2D eigenvalue weighted by Crippen LogP contribution is -2.28. The first-order valence-corrected chi connectivity index (χ1v) is 20.1. The van der Waals surface area contributed by atoms with Crippen molar-refractivity contribution in [3.63, 3.8) is 0 Å². The molecule has 284 valence electrons. The van der Waals surface area contributed by atoms with Gasteiger partial charge in [-0.2, -0.15) is 0 Å². The first-order chi connectivity index (χ1) is 23.9. The van der Waals surface area contributed by atoms with Gasteiger partial charge in [0.1, 0.15) is 6.61 Å². The monoisotopic (exact) mass is 689 g/mol. The van der Waals surface area contributed by atoms with Crippen molar-refractivity contribution < 1.29 is 29.3 Å². The average Bonchev–Trinajstić information content (AvgIpc) is 3.09. The Bertz CT molecular complexity index is 858. The number of hydrogen-bond acceptors (Lipinski definition) is 6. The van der Waals surface area contributed by atoms with Crippen LogP contribution in [0.4, 0.5) is 0 Å². The predicted molar refractivity (Wildman–Crippen MR) is 206 cm³/mol. The Morgan fingerprint density at radius 3 is 1.51 bits per heavy atom. The van der Waals surface area contributed by atoms with Crippen LogP contribution in [0.5, 0.6) is 0 Å². The first kappa shape index (κ1) is 46.8. The highest BCUT2D eigenvalue weighted by atomic mass is 16.6. The highest BCUT2D eigenvalue weighted by Crippen LogP contribution is 2.15. The van der Waals surface area contributed by atoms with Crippen LogP contribution in [0.3, 0.4) is 0 Å². The van der Waals surface area contributed by atoms with E-state index in [1.807, 2.05) is 6.92 Å². The van der Waals surface area contributed by atoms with E-state index in [9.17, 15) is 19.8 Å². The number of unbranched alkanes of at least 4 members (excludes halogenated alkanes) is 14. The molecule has 0 bridgehead atoms. The van der Waals surface area contributed by atoms with Gasteiger partial charge >= 0.3 is 11.9 Å². The van der Waals surface area contributed by atoms with E-state index >= 15 is 0 Å². The number of aliphatic hydroxyl groups is 2. The average molecular weight is 689 g/mol. The largest absolute Gasteiger partial charge is 0.462 e. The van der Waals surface area contributed by atoms with Gasteiger partial charge in [-0.1, -0.05) is 159 Å². The molecule has 0 unspecified atom stereocenters. The third kappa shape index (κ3) is 36.9. The second-order valence-electron chi connectivity index (χ2n) is 14.0. The summed E-state index contributed by atoms with van der Waals surface area (Å²) < 4.78 is 10.6. The maximum atomic E-state index is 12.1. The summed E-state index contributed by atoms with van der Waals surface area (Å²) in [7, 11) is 0. The van der Waals surface area contributed by atoms with E-state index in [0.29, 0.717) is 12.8 Å². The molecule has 2 atom stereocenters. The van der Waals surface area contributed by atoms with E-state index < -0.39 is 6.10 Å². The van der Waals surface area contributed by atoms with Crippen molar-refractivity contribution in [2.45, 2.75) is 193 Å². The van der Waals surface area contributed by atoms with Gasteiger partial charge in [-0.25, -0.2) is 0 Å². The second-order valence-corrected chi connectivity index (χ2v) is 14.0. The van der Waals surface area contributed by atoms with Crippen molar-refractivity contribution in [1.82, 2.24) is 0 Å². The highest BCUT2D eigenvalue weighted by Gasteiger charge is 2.16. The molecule has 0 aliphatic heterocycles. The fraction of sp³-hybridized carbons (Fsp3) is 0.767. The quantitative estimate of drug-likeness (QED) is 0.0391. The summed E-state index contributed by atoms with van der Waals surface area (Å²) in [5.74, 6) is 0.172. The molecule has 0 radical (unpaired) electrons. The van der Waals surface area contributed by atoms with Crippen molar-refractivity contribution in [1.29, 1.82) is 0 Å². The van der Waals surface area contributed by atoms with Crippen LogP contribution in [0, 0.1) is 5.92 Å². The van der Waals surface area contributed by atoms with E-state index in [4.69, 9.17) is 9.47 Å². The van der Waals surface area contributed by atoms with Gasteiger partial charge in [0.15, 0.2) is 6.10 Å². The Kier molecular flexibility index (Phi) is 35.4. The number of carbonyl (C=O) groups is 2. The topological polar surface area (TPSA) is 93.1 Å². The molecular formula is C43H76O6. The zero-order valence-electron chi connectivity index (χ0n) is 32.0. The summed E-state index contributed by atoms with van der Waals surface area (Å²) in [6, 6.07) is 0. The predicted octanol–water partition coefficient (Wildman–Crippen LogP) is 11.4. The number of aliphatic hydroxyl groups excluding tert-OH is 2. The van der Waals surface area contributed by atoms with Crippen molar-refractivity contribution in [2.75, 3.05) is 13.2 Å². The molecule has 0 fully saturated rings. The van der Waals surface area contributed by atoms with Crippen LogP contribution in [-0.2, 0) is 19.1 Å². The normalized spacial score (nSPS) is 13.4. The van der Waals surface area contributed by atoms with E-state index in [1.54, 1.807) is 0 Å². The summed E-state index contributed by atoms with van der Waals surface area (Å²) in [4.78, 5) is 24.2. The number of ether oxygens (including phenoxy) is 2. The molecule has 0 aliphatic carbocycles. The maximum Gasteiger partial charge on any atom is 0.306 e. The Balaban J connectivity index is 3.65. The second kappa shape index (κ2) is 37.1. The molecule has 2 N–H and O–H groups in total. The van der Waals surface area contributed by atoms with Gasteiger partial charge in [0.05, 0.1) is 12.7 Å². The standard InChI is InChI=1S/C43H76O6/c1-4-40(45)34-30-26-22-18-14-10-6-8-12-16-20-24-28-32-36-43(47)49-41(37-44)38-48-42(46)35-31-27-23-19-15-11-7-5-9-13-17-21-25-29-33-39(2)3/h8,10,12,14,20,22,24,26,39-41,44-45H,4-7,9,11,13,15-19,21,23,25,27-38H2,1-3H3/b12-8-,14-10-,24-20-,26-22-/t40-,41+/m1/s1. The van der Waals surface area contributed by atoms with Gasteiger partial charge in [-0.15, -0.1) is 0 Å². The smallest absolute Gasteiger partial charge is 0.306 e. The molecule has 0 heterocycles. The Hall–Kier alpha value is -2.18. The fourth-order valence-electron chi connectivity index (χ4n) is 5.48. The summed E-state index contributed by atoms with van der Waals surface area (Å²) in [6.07, 6.45) is 42.6. The molecule has 0 aliphatic rings. The zero-order valence-corrected chi connectivity index (χ0v) is 32.0. The Morgan fingerprint density at radius 2 is 1.02 bits per heavy atom. The number of carbonyl (C=O) groups excluding carboxylic acids is 2. The van der Waals surface area contributed by atoms with Crippen molar-refractivity contribution in [2.24, 2.45) is 5.92 Å². The van der Waals surface area contributed by atoms with Gasteiger partial charge in [-0.3, -0.25) is 9.59 Å². The van der Waals surface area contributed by atoms with E-state index in [2.05, 4.69) is 62.5 Å². The van der Waals surface area contributed by atoms with Crippen LogP contribution in [0.2, 0.25) is 0 Å².